The van der Waals surface area contributed by atoms with Crippen molar-refractivity contribution in [1.29, 1.82) is 0 Å². The van der Waals surface area contributed by atoms with E-state index in [4.69, 9.17) is 19.9 Å². The predicted molar refractivity (Wildman–Crippen MR) is 79.8 cm³/mol. The maximum absolute atomic E-state index is 6.53. The van der Waals surface area contributed by atoms with Crippen molar-refractivity contribution in [3.8, 4) is 17.2 Å². The summed E-state index contributed by atoms with van der Waals surface area (Å²) < 4.78 is 16.1. The van der Waals surface area contributed by atoms with Crippen molar-refractivity contribution in [1.82, 2.24) is 0 Å². The highest BCUT2D eigenvalue weighted by Crippen LogP contribution is 2.40. The zero-order valence-corrected chi connectivity index (χ0v) is 12.7. The molecule has 1 saturated carbocycles. The van der Waals surface area contributed by atoms with Crippen LogP contribution in [0.3, 0.4) is 0 Å². The number of nitrogens with two attached hydrogens (primary N) is 1. The second-order valence-electron chi connectivity index (χ2n) is 5.63. The second-order valence-corrected chi connectivity index (χ2v) is 5.63. The number of hydrogen-bond acceptors (Lipinski definition) is 4. The van der Waals surface area contributed by atoms with Gasteiger partial charge < -0.3 is 19.9 Å². The standard InChI is InChI=1S/C16H25NO3/c1-18-13-9-12(10-14(19-2)15(13)20-3)11-16(17)7-5-4-6-8-16/h9-10H,4-8,11,17H2,1-3H3. The molecule has 4 heteroatoms. The third-order valence-electron chi connectivity index (χ3n) is 4.13. The van der Waals surface area contributed by atoms with Crippen molar-refractivity contribution in [2.75, 3.05) is 21.3 Å². The molecule has 0 aromatic heterocycles. The normalized spacial score (nSPS) is 17.6. The molecular formula is C16H25NO3. The molecule has 0 aliphatic heterocycles. The van der Waals surface area contributed by atoms with Crippen LogP contribution in [0, 0.1) is 0 Å². The number of benzene rings is 1. The molecular weight excluding hydrogens is 254 g/mol. The first-order chi connectivity index (χ1) is 9.61. The monoisotopic (exact) mass is 279 g/mol. The molecule has 0 saturated heterocycles. The average molecular weight is 279 g/mol. The molecule has 0 atom stereocenters. The van der Waals surface area contributed by atoms with E-state index in [0.717, 1.165) is 24.8 Å². The van der Waals surface area contributed by atoms with Gasteiger partial charge in [-0.3, -0.25) is 0 Å². The van der Waals surface area contributed by atoms with Gasteiger partial charge in [0.15, 0.2) is 11.5 Å². The zero-order chi connectivity index (χ0) is 14.6. The smallest absolute Gasteiger partial charge is 0.203 e. The van der Waals surface area contributed by atoms with E-state index >= 15 is 0 Å². The van der Waals surface area contributed by atoms with Crippen LogP contribution in [0.25, 0.3) is 0 Å². The summed E-state index contributed by atoms with van der Waals surface area (Å²) in [4.78, 5) is 0. The van der Waals surface area contributed by atoms with Crippen LogP contribution in [0.4, 0.5) is 0 Å². The number of methoxy groups -OCH3 is 3. The van der Waals surface area contributed by atoms with Gasteiger partial charge in [0.1, 0.15) is 0 Å². The summed E-state index contributed by atoms with van der Waals surface area (Å²) in [6, 6.07) is 4.01. The van der Waals surface area contributed by atoms with Crippen molar-refractivity contribution in [3.05, 3.63) is 17.7 Å². The topological polar surface area (TPSA) is 53.7 Å². The minimum Gasteiger partial charge on any atom is -0.493 e. The van der Waals surface area contributed by atoms with E-state index in [1.54, 1.807) is 21.3 Å². The first kappa shape index (κ1) is 15.0. The third kappa shape index (κ3) is 3.18. The van der Waals surface area contributed by atoms with E-state index in [1.807, 2.05) is 12.1 Å². The Labute approximate surface area is 121 Å². The van der Waals surface area contributed by atoms with Crippen molar-refractivity contribution in [2.24, 2.45) is 5.73 Å². The summed E-state index contributed by atoms with van der Waals surface area (Å²) in [6.45, 7) is 0. The molecule has 0 amide bonds. The predicted octanol–water partition coefficient (Wildman–Crippen LogP) is 2.92. The van der Waals surface area contributed by atoms with Crippen molar-refractivity contribution < 1.29 is 14.2 Å². The Morgan fingerprint density at radius 1 is 0.950 bits per heavy atom. The molecule has 0 bridgehead atoms. The van der Waals surface area contributed by atoms with Gasteiger partial charge in [0.05, 0.1) is 21.3 Å². The Morgan fingerprint density at radius 3 is 1.95 bits per heavy atom. The van der Waals surface area contributed by atoms with E-state index in [1.165, 1.54) is 19.3 Å². The molecule has 1 aromatic carbocycles. The van der Waals surface area contributed by atoms with Gasteiger partial charge in [0.25, 0.3) is 0 Å². The van der Waals surface area contributed by atoms with Crippen LogP contribution in [-0.2, 0) is 6.42 Å². The lowest BCUT2D eigenvalue weighted by atomic mass is 9.78. The quantitative estimate of drug-likeness (QED) is 0.900. The minimum atomic E-state index is -0.0944. The maximum atomic E-state index is 6.53. The van der Waals surface area contributed by atoms with Crippen LogP contribution >= 0.6 is 0 Å². The zero-order valence-electron chi connectivity index (χ0n) is 12.7. The molecule has 0 radical (unpaired) electrons. The molecule has 20 heavy (non-hydrogen) atoms. The lowest BCUT2D eigenvalue weighted by molar-refractivity contribution is 0.291. The summed E-state index contributed by atoms with van der Waals surface area (Å²) in [5, 5.41) is 0. The van der Waals surface area contributed by atoms with Crippen LogP contribution in [0.5, 0.6) is 17.2 Å². The molecule has 1 fully saturated rings. The van der Waals surface area contributed by atoms with Gasteiger partial charge >= 0.3 is 0 Å². The molecule has 2 N–H and O–H groups in total. The van der Waals surface area contributed by atoms with Gasteiger partial charge in [0.2, 0.25) is 5.75 Å². The van der Waals surface area contributed by atoms with Gasteiger partial charge in [0, 0.05) is 5.54 Å². The highest BCUT2D eigenvalue weighted by atomic mass is 16.5. The van der Waals surface area contributed by atoms with E-state index in [9.17, 15) is 0 Å². The van der Waals surface area contributed by atoms with Gasteiger partial charge in [-0.2, -0.15) is 0 Å². The summed E-state index contributed by atoms with van der Waals surface area (Å²) in [5.74, 6) is 2.02. The first-order valence-corrected chi connectivity index (χ1v) is 7.19. The molecule has 1 aliphatic rings. The Bertz CT molecular complexity index is 428. The fourth-order valence-electron chi connectivity index (χ4n) is 3.08. The van der Waals surface area contributed by atoms with Crippen LogP contribution in [0.15, 0.2) is 12.1 Å². The van der Waals surface area contributed by atoms with Crippen LogP contribution in [-0.4, -0.2) is 26.9 Å². The van der Waals surface area contributed by atoms with E-state index in [2.05, 4.69) is 0 Å². The van der Waals surface area contributed by atoms with Crippen LogP contribution < -0.4 is 19.9 Å². The Balaban J connectivity index is 2.27. The second kappa shape index (κ2) is 6.35. The molecule has 0 spiro atoms. The molecule has 4 nitrogen and oxygen atoms in total. The minimum absolute atomic E-state index is 0.0944. The molecule has 112 valence electrons. The molecule has 0 unspecified atom stereocenters. The molecule has 1 aromatic rings. The van der Waals surface area contributed by atoms with Gasteiger partial charge in [-0.05, 0) is 37.0 Å². The summed E-state index contributed by atoms with van der Waals surface area (Å²) in [5.41, 5.74) is 7.58. The SMILES string of the molecule is COc1cc(CC2(N)CCCCC2)cc(OC)c1OC. The average Bonchev–Trinajstić information content (AvgIpc) is 2.46. The molecule has 0 heterocycles. The largest absolute Gasteiger partial charge is 0.493 e. The highest BCUT2D eigenvalue weighted by Gasteiger charge is 2.28. The highest BCUT2D eigenvalue weighted by molar-refractivity contribution is 5.54. The Morgan fingerprint density at radius 2 is 1.50 bits per heavy atom. The van der Waals surface area contributed by atoms with Crippen LogP contribution in [0.1, 0.15) is 37.7 Å². The Hall–Kier alpha value is -1.42. The summed E-state index contributed by atoms with van der Waals surface area (Å²) in [7, 11) is 4.89. The fourth-order valence-corrected chi connectivity index (χ4v) is 3.08. The lowest BCUT2D eigenvalue weighted by Crippen LogP contribution is -2.43. The summed E-state index contributed by atoms with van der Waals surface area (Å²) in [6.07, 6.45) is 6.77. The number of rotatable bonds is 5. The number of ether oxygens (including phenoxy) is 3. The van der Waals surface area contributed by atoms with Gasteiger partial charge in [-0.1, -0.05) is 19.3 Å². The fraction of sp³-hybridized carbons (Fsp3) is 0.625. The van der Waals surface area contributed by atoms with Crippen molar-refractivity contribution >= 4 is 0 Å². The summed E-state index contributed by atoms with van der Waals surface area (Å²) >= 11 is 0. The van der Waals surface area contributed by atoms with Crippen molar-refractivity contribution in [3.63, 3.8) is 0 Å². The van der Waals surface area contributed by atoms with Crippen molar-refractivity contribution in [2.45, 2.75) is 44.1 Å². The van der Waals surface area contributed by atoms with E-state index < -0.39 is 0 Å². The van der Waals surface area contributed by atoms with Crippen LogP contribution in [0.2, 0.25) is 0 Å². The number of hydrogen-bond donors (Lipinski definition) is 1. The molecule has 1 aliphatic carbocycles. The first-order valence-electron chi connectivity index (χ1n) is 7.19. The van der Waals surface area contributed by atoms with E-state index in [0.29, 0.717) is 17.2 Å². The lowest BCUT2D eigenvalue weighted by Gasteiger charge is -2.33. The Kier molecular flexibility index (Phi) is 4.76. The maximum Gasteiger partial charge on any atom is 0.203 e. The van der Waals surface area contributed by atoms with Gasteiger partial charge in [-0.15, -0.1) is 0 Å². The van der Waals surface area contributed by atoms with E-state index in [-0.39, 0.29) is 5.54 Å². The van der Waals surface area contributed by atoms with Gasteiger partial charge in [-0.25, -0.2) is 0 Å². The molecule has 2 rings (SSSR count). The third-order valence-corrected chi connectivity index (χ3v) is 4.13.